The standard InChI is InChI=1S/C14H16N2O4/c1-10(2)16-13(17)8-20-14(18)9-19-12-6-4-3-5-11(12)7-15/h3-6,10H,8-9H2,1-2H3,(H,16,17). The SMILES string of the molecule is CC(C)NC(=O)COC(=O)COc1ccccc1C#N. The van der Waals surface area contributed by atoms with Gasteiger partial charge in [-0.25, -0.2) is 4.79 Å². The summed E-state index contributed by atoms with van der Waals surface area (Å²) in [7, 11) is 0. The zero-order valence-corrected chi connectivity index (χ0v) is 11.4. The van der Waals surface area contributed by atoms with Crippen LogP contribution in [0.2, 0.25) is 0 Å². The Hall–Kier alpha value is -2.55. The summed E-state index contributed by atoms with van der Waals surface area (Å²) >= 11 is 0. The van der Waals surface area contributed by atoms with Crippen molar-refractivity contribution in [2.24, 2.45) is 0 Å². The fourth-order valence-corrected chi connectivity index (χ4v) is 1.37. The molecule has 6 nitrogen and oxygen atoms in total. The number of nitrogens with one attached hydrogen (secondary N) is 1. The van der Waals surface area contributed by atoms with Gasteiger partial charge in [-0.15, -0.1) is 0 Å². The molecule has 0 aliphatic carbocycles. The van der Waals surface area contributed by atoms with Crippen molar-refractivity contribution in [2.75, 3.05) is 13.2 Å². The zero-order chi connectivity index (χ0) is 15.0. The number of esters is 1. The molecule has 20 heavy (non-hydrogen) atoms. The van der Waals surface area contributed by atoms with Gasteiger partial charge in [0.05, 0.1) is 5.56 Å². The maximum atomic E-state index is 11.4. The van der Waals surface area contributed by atoms with E-state index in [0.29, 0.717) is 11.3 Å². The van der Waals surface area contributed by atoms with Crippen molar-refractivity contribution in [3.05, 3.63) is 29.8 Å². The van der Waals surface area contributed by atoms with Crippen LogP contribution >= 0.6 is 0 Å². The number of nitrogens with zero attached hydrogens (tertiary/aromatic N) is 1. The Kier molecular flexibility index (Phi) is 6.04. The van der Waals surface area contributed by atoms with Crippen LogP contribution in [0, 0.1) is 11.3 Å². The van der Waals surface area contributed by atoms with Crippen molar-refractivity contribution in [1.82, 2.24) is 5.32 Å². The Morgan fingerprint density at radius 1 is 1.30 bits per heavy atom. The minimum absolute atomic E-state index is 0.0139. The van der Waals surface area contributed by atoms with E-state index in [-0.39, 0.29) is 25.2 Å². The van der Waals surface area contributed by atoms with E-state index in [0.717, 1.165) is 0 Å². The summed E-state index contributed by atoms with van der Waals surface area (Å²) < 4.78 is 9.92. The van der Waals surface area contributed by atoms with E-state index >= 15 is 0 Å². The van der Waals surface area contributed by atoms with E-state index in [2.05, 4.69) is 5.32 Å². The molecular formula is C14H16N2O4. The van der Waals surface area contributed by atoms with Crippen molar-refractivity contribution in [1.29, 1.82) is 5.26 Å². The minimum atomic E-state index is -0.670. The number of benzene rings is 1. The first-order valence-electron chi connectivity index (χ1n) is 6.10. The lowest BCUT2D eigenvalue weighted by Gasteiger charge is -2.10. The van der Waals surface area contributed by atoms with Crippen LogP contribution in [-0.4, -0.2) is 31.1 Å². The maximum Gasteiger partial charge on any atom is 0.344 e. The summed E-state index contributed by atoms with van der Waals surface area (Å²) in [5, 5.41) is 11.4. The maximum absolute atomic E-state index is 11.4. The Morgan fingerprint density at radius 2 is 2.00 bits per heavy atom. The van der Waals surface area contributed by atoms with Crippen LogP contribution in [-0.2, 0) is 14.3 Å². The van der Waals surface area contributed by atoms with Crippen LogP contribution in [0.15, 0.2) is 24.3 Å². The summed E-state index contributed by atoms with van der Waals surface area (Å²) in [4.78, 5) is 22.7. The third-order valence-electron chi connectivity index (χ3n) is 2.17. The van der Waals surface area contributed by atoms with Gasteiger partial charge in [-0.2, -0.15) is 5.26 Å². The monoisotopic (exact) mass is 276 g/mol. The highest BCUT2D eigenvalue weighted by Gasteiger charge is 2.10. The van der Waals surface area contributed by atoms with Gasteiger partial charge in [0.15, 0.2) is 13.2 Å². The van der Waals surface area contributed by atoms with Crippen LogP contribution < -0.4 is 10.1 Å². The van der Waals surface area contributed by atoms with E-state index in [9.17, 15) is 9.59 Å². The molecule has 1 aromatic rings. The number of rotatable bonds is 6. The summed E-state index contributed by atoms with van der Waals surface area (Å²) in [6.07, 6.45) is 0. The molecule has 0 saturated heterocycles. The first-order valence-corrected chi connectivity index (χ1v) is 6.10. The van der Waals surface area contributed by atoms with Crippen molar-refractivity contribution in [3.63, 3.8) is 0 Å². The largest absolute Gasteiger partial charge is 0.481 e. The van der Waals surface area contributed by atoms with E-state index in [1.165, 1.54) is 0 Å². The highest BCUT2D eigenvalue weighted by atomic mass is 16.6. The van der Waals surface area contributed by atoms with Gasteiger partial charge in [0.25, 0.3) is 5.91 Å². The van der Waals surface area contributed by atoms with Crippen LogP contribution in [0.1, 0.15) is 19.4 Å². The number of hydrogen-bond donors (Lipinski definition) is 1. The molecule has 1 rings (SSSR count). The average molecular weight is 276 g/mol. The summed E-state index contributed by atoms with van der Waals surface area (Å²) in [5.74, 6) is -0.735. The Balaban J connectivity index is 2.37. The van der Waals surface area contributed by atoms with Gasteiger partial charge in [0.1, 0.15) is 11.8 Å². The second-order valence-corrected chi connectivity index (χ2v) is 4.28. The van der Waals surface area contributed by atoms with Gasteiger partial charge in [0, 0.05) is 6.04 Å². The van der Waals surface area contributed by atoms with E-state index < -0.39 is 5.97 Å². The number of amides is 1. The van der Waals surface area contributed by atoms with Gasteiger partial charge in [-0.05, 0) is 26.0 Å². The Labute approximate surface area is 117 Å². The van der Waals surface area contributed by atoms with Gasteiger partial charge in [0.2, 0.25) is 0 Å². The topological polar surface area (TPSA) is 88.4 Å². The number of nitriles is 1. The lowest BCUT2D eigenvalue weighted by molar-refractivity contribution is -0.150. The highest BCUT2D eigenvalue weighted by Crippen LogP contribution is 2.16. The molecule has 0 aliphatic heterocycles. The molecule has 0 atom stereocenters. The number of hydrogen-bond acceptors (Lipinski definition) is 5. The van der Waals surface area contributed by atoms with E-state index in [1.807, 2.05) is 19.9 Å². The fraction of sp³-hybridized carbons (Fsp3) is 0.357. The van der Waals surface area contributed by atoms with E-state index in [4.69, 9.17) is 14.7 Å². The average Bonchev–Trinajstić information content (AvgIpc) is 2.42. The lowest BCUT2D eigenvalue weighted by Crippen LogP contribution is -2.34. The Bertz CT molecular complexity index is 520. The van der Waals surface area contributed by atoms with Gasteiger partial charge < -0.3 is 14.8 Å². The lowest BCUT2D eigenvalue weighted by atomic mass is 10.2. The van der Waals surface area contributed by atoms with Crippen molar-refractivity contribution in [2.45, 2.75) is 19.9 Å². The molecule has 1 aromatic carbocycles. The van der Waals surface area contributed by atoms with Crippen LogP contribution in [0.25, 0.3) is 0 Å². The summed E-state index contributed by atoms with van der Waals surface area (Å²) in [6.45, 7) is 2.91. The van der Waals surface area contributed by atoms with Crippen LogP contribution in [0.5, 0.6) is 5.75 Å². The number of carbonyl (C=O) groups excluding carboxylic acids is 2. The van der Waals surface area contributed by atoms with Gasteiger partial charge >= 0.3 is 5.97 Å². The second kappa shape index (κ2) is 7.79. The molecular weight excluding hydrogens is 260 g/mol. The molecule has 0 radical (unpaired) electrons. The molecule has 0 spiro atoms. The number of para-hydroxylation sites is 1. The quantitative estimate of drug-likeness (QED) is 0.783. The highest BCUT2D eigenvalue weighted by molar-refractivity contribution is 5.81. The van der Waals surface area contributed by atoms with Crippen molar-refractivity contribution in [3.8, 4) is 11.8 Å². The number of ether oxygens (including phenoxy) is 2. The van der Waals surface area contributed by atoms with Gasteiger partial charge in [-0.1, -0.05) is 12.1 Å². The van der Waals surface area contributed by atoms with E-state index in [1.54, 1.807) is 24.3 Å². The fourth-order valence-electron chi connectivity index (χ4n) is 1.37. The molecule has 0 bridgehead atoms. The predicted molar refractivity (Wildman–Crippen MR) is 70.9 cm³/mol. The van der Waals surface area contributed by atoms with Gasteiger partial charge in [-0.3, -0.25) is 4.79 Å². The molecule has 0 unspecified atom stereocenters. The van der Waals surface area contributed by atoms with Crippen molar-refractivity contribution >= 4 is 11.9 Å². The minimum Gasteiger partial charge on any atom is -0.481 e. The molecule has 1 amide bonds. The van der Waals surface area contributed by atoms with Crippen molar-refractivity contribution < 1.29 is 19.1 Å². The molecule has 0 aliphatic rings. The molecule has 0 heterocycles. The molecule has 106 valence electrons. The third kappa shape index (κ3) is 5.40. The summed E-state index contributed by atoms with van der Waals surface area (Å²) in [5.41, 5.74) is 0.331. The molecule has 0 aromatic heterocycles. The number of carbonyl (C=O) groups is 2. The first-order chi connectivity index (χ1) is 9.52. The molecule has 6 heteroatoms. The first kappa shape index (κ1) is 15.5. The molecule has 0 fully saturated rings. The normalized spacial score (nSPS) is 9.70. The molecule has 1 N–H and O–H groups in total. The van der Waals surface area contributed by atoms with Crippen LogP contribution in [0.3, 0.4) is 0 Å². The smallest absolute Gasteiger partial charge is 0.344 e. The summed E-state index contributed by atoms with van der Waals surface area (Å²) in [6, 6.07) is 8.48. The zero-order valence-electron chi connectivity index (χ0n) is 11.4. The predicted octanol–water partition coefficient (Wildman–Crippen LogP) is 1.00. The second-order valence-electron chi connectivity index (χ2n) is 4.28. The third-order valence-corrected chi connectivity index (χ3v) is 2.17. The molecule has 0 saturated carbocycles. The van der Waals surface area contributed by atoms with Crippen LogP contribution in [0.4, 0.5) is 0 Å². The Morgan fingerprint density at radius 3 is 2.65 bits per heavy atom.